The first-order valence-electron chi connectivity index (χ1n) is 12.4. The molecule has 3 rings (SSSR count). The van der Waals surface area contributed by atoms with Gasteiger partial charge in [-0.05, 0) is 38.6 Å². The van der Waals surface area contributed by atoms with Gasteiger partial charge in [0.25, 0.3) is 0 Å². The highest BCUT2D eigenvalue weighted by atomic mass is 16.5. The van der Waals surface area contributed by atoms with Crippen LogP contribution in [0.5, 0.6) is 0 Å². The molecule has 188 valence electrons. The zero-order chi connectivity index (χ0) is 24.2. The van der Waals surface area contributed by atoms with E-state index in [9.17, 15) is 4.79 Å². The number of amides is 1. The summed E-state index contributed by atoms with van der Waals surface area (Å²) in [6.07, 6.45) is 4.33. The van der Waals surface area contributed by atoms with E-state index < -0.39 is 0 Å². The van der Waals surface area contributed by atoms with Crippen molar-refractivity contribution in [1.82, 2.24) is 19.6 Å². The molecule has 1 aromatic rings. The van der Waals surface area contributed by atoms with Crippen molar-refractivity contribution in [3.05, 3.63) is 17.0 Å². The Morgan fingerprint density at radius 3 is 2.36 bits per heavy atom. The third kappa shape index (κ3) is 5.96. The number of fused-ring (bicyclic) bond motifs is 1. The largest absolute Gasteiger partial charge is 0.384 e. The summed E-state index contributed by atoms with van der Waals surface area (Å²) in [5.74, 6) is 0.659. The van der Waals surface area contributed by atoms with Crippen LogP contribution in [0.3, 0.4) is 0 Å². The van der Waals surface area contributed by atoms with Crippen molar-refractivity contribution in [3.8, 4) is 0 Å². The highest BCUT2D eigenvalue weighted by molar-refractivity contribution is 5.81. The summed E-state index contributed by atoms with van der Waals surface area (Å²) < 4.78 is 13.3. The minimum absolute atomic E-state index is 0.0952. The van der Waals surface area contributed by atoms with E-state index in [1.807, 2.05) is 25.7 Å². The van der Waals surface area contributed by atoms with Gasteiger partial charge in [0.2, 0.25) is 5.91 Å². The number of nitrogens with two attached hydrogens (primary N) is 1. The van der Waals surface area contributed by atoms with E-state index in [4.69, 9.17) is 20.3 Å². The van der Waals surface area contributed by atoms with Gasteiger partial charge >= 0.3 is 0 Å². The minimum atomic E-state index is -0.378. The molecule has 2 heterocycles. The SMILES string of the molecule is COCC1(COC)CCC(c2c(CN(C)CCN)nn3c2CN(C(=O)C(C)(C)C)CC3)CC1. The topological polar surface area (TPSA) is 85.8 Å². The molecule has 0 aromatic carbocycles. The summed E-state index contributed by atoms with van der Waals surface area (Å²) in [7, 11) is 5.67. The van der Waals surface area contributed by atoms with Crippen LogP contribution in [0.1, 0.15) is 69.3 Å². The van der Waals surface area contributed by atoms with Crippen molar-refractivity contribution in [2.24, 2.45) is 16.6 Å². The van der Waals surface area contributed by atoms with Crippen LogP contribution in [0, 0.1) is 10.8 Å². The van der Waals surface area contributed by atoms with Crippen LogP contribution in [0.15, 0.2) is 0 Å². The number of methoxy groups -OCH3 is 2. The molecule has 2 aliphatic rings. The first-order valence-corrected chi connectivity index (χ1v) is 12.4. The summed E-state index contributed by atoms with van der Waals surface area (Å²) in [5.41, 5.74) is 9.27. The normalized spacial score (nSPS) is 19.2. The van der Waals surface area contributed by atoms with Crippen LogP contribution in [-0.4, -0.2) is 79.6 Å². The second-order valence-corrected chi connectivity index (χ2v) is 11.2. The number of ether oxygens (including phenoxy) is 2. The van der Waals surface area contributed by atoms with Gasteiger partial charge < -0.3 is 20.1 Å². The molecule has 8 nitrogen and oxygen atoms in total. The number of hydrogen-bond donors (Lipinski definition) is 1. The monoisotopic (exact) mass is 463 g/mol. The van der Waals surface area contributed by atoms with Crippen molar-refractivity contribution in [2.75, 3.05) is 54.1 Å². The maximum Gasteiger partial charge on any atom is 0.228 e. The lowest BCUT2D eigenvalue weighted by Gasteiger charge is -2.40. The fourth-order valence-corrected chi connectivity index (χ4v) is 5.64. The predicted octanol–water partition coefficient (Wildman–Crippen LogP) is 2.60. The Balaban J connectivity index is 1.89. The summed E-state index contributed by atoms with van der Waals surface area (Å²) in [6, 6.07) is 0. The van der Waals surface area contributed by atoms with Gasteiger partial charge in [0.15, 0.2) is 0 Å². The van der Waals surface area contributed by atoms with Crippen molar-refractivity contribution in [1.29, 1.82) is 0 Å². The van der Waals surface area contributed by atoms with Crippen LogP contribution >= 0.6 is 0 Å². The third-order valence-corrected chi connectivity index (χ3v) is 7.31. The molecule has 0 saturated heterocycles. The number of likely N-dealkylation sites (N-methyl/N-ethyl adjacent to an activating group) is 1. The average Bonchev–Trinajstić information content (AvgIpc) is 3.10. The summed E-state index contributed by atoms with van der Waals surface area (Å²) >= 11 is 0. The summed E-state index contributed by atoms with van der Waals surface area (Å²) in [5, 5.41) is 5.06. The zero-order valence-corrected chi connectivity index (χ0v) is 21.7. The summed E-state index contributed by atoms with van der Waals surface area (Å²) in [4.78, 5) is 17.3. The quantitative estimate of drug-likeness (QED) is 0.606. The smallest absolute Gasteiger partial charge is 0.228 e. The van der Waals surface area contributed by atoms with E-state index in [1.54, 1.807) is 14.2 Å². The molecule has 1 aliphatic carbocycles. The molecule has 1 amide bonds. The van der Waals surface area contributed by atoms with Gasteiger partial charge in [0.1, 0.15) is 0 Å². The Morgan fingerprint density at radius 1 is 1.18 bits per heavy atom. The predicted molar refractivity (Wildman–Crippen MR) is 130 cm³/mol. The maximum absolute atomic E-state index is 13.1. The molecule has 33 heavy (non-hydrogen) atoms. The highest BCUT2D eigenvalue weighted by Gasteiger charge is 2.39. The van der Waals surface area contributed by atoms with E-state index in [0.29, 0.717) is 19.0 Å². The van der Waals surface area contributed by atoms with Crippen molar-refractivity contribution in [3.63, 3.8) is 0 Å². The standard InChI is InChI=1S/C25H45N5O3/c1-24(2,3)23(31)29-13-14-30-21(16-29)22(20(27-30)15-28(4)12-11-26)19-7-9-25(10-8-19,17-32-5)18-33-6/h19H,7-18,26H2,1-6H3. The molecule has 0 atom stereocenters. The molecular weight excluding hydrogens is 418 g/mol. The number of hydrogen-bond acceptors (Lipinski definition) is 6. The minimum Gasteiger partial charge on any atom is -0.384 e. The Morgan fingerprint density at radius 2 is 1.82 bits per heavy atom. The van der Waals surface area contributed by atoms with Crippen LogP contribution in [-0.2, 0) is 33.9 Å². The molecule has 1 aromatic heterocycles. The van der Waals surface area contributed by atoms with Gasteiger partial charge in [-0.15, -0.1) is 0 Å². The highest BCUT2D eigenvalue weighted by Crippen LogP contribution is 2.45. The van der Waals surface area contributed by atoms with Gasteiger partial charge in [-0.3, -0.25) is 14.4 Å². The molecule has 1 saturated carbocycles. The van der Waals surface area contributed by atoms with Crippen LogP contribution in [0.25, 0.3) is 0 Å². The molecule has 0 bridgehead atoms. The Kier molecular flexibility index (Phi) is 8.59. The number of carbonyl (C=O) groups excluding carboxylic acids is 1. The molecule has 1 aliphatic heterocycles. The number of rotatable bonds is 9. The van der Waals surface area contributed by atoms with Crippen molar-refractivity contribution >= 4 is 5.91 Å². The van der Waals surface area contributed by atoms with Crippen molar-refractivity contribution in [2.45, 2.75) is 72.0 Å². The third-order valence-electron chi connectivity index (χ3n) is 7.31. The lowest BCUT2D eigenvalue weighted by atomic mass is 9.69. The van der Waals surface area contributed by atoms with Crippen LogP contribution in [0.4, 0.5) is 0 Å². The van der Waals surface area contributed by atoms with Gasteiger partial charge in [-0.1, -0.05) is 20.8 Å². The molecule has 1 fully saturated rings. The lowest BCUT2D eigenvalue weighted by molar-refractivity contribution is -0.141. The first kappa shape index (κ1) is 26.1. The Hall–Kier alpha value is -1.48. The van der Waals surface area contributed by atoms with E-state index >= 15 is 0 Å². The second-order valence-electron chi connectivity index (χ2n) is 11.2. The van der Waals surface area contributed by atoms with Gasteiger partial charge in [0.05, 0.1) is 37.7 Å². The van der Waals surface area contributed by atoms with E-state index in [-0.39, 0.29) is 16.7 Å². The fraction of sp³-hybridized carbons (Fsp3) is 0.840. The number of nitrogens with zero attached hydrogens (tertiary/aromatic N) is 4. The number of carbonyl (C=O) groups is 1. The molecule has 0 spiro atoms. The Bertz CT molecular complexity index is 785. The van der Waals surface area contributed by atoms with E-state index in [2.05, 4.69) is 16.6 Å². The summed E-state index contributed by atoms with van der Waals surface area (Å²) in [6.45, 7) is 11.9. The van der Waals surface area contributed by atoms with Gasteiger partial charge in [0, 0.05) is 56.8 Å². The fourth-order valence-electron chi connectivity index (χ4n) is 5.64. The lowest BCUT2D eigenvalue weighted by Crippen LogP contribution is -2.44. The Labute approximate surface area is 199 Å². The second kappa shape index (κ2) is 10.8. The molecule has 2 N–H and O–H groups in total. The molecule has 8 heteroatoms. The van der Waals surface area contributed by atoms with E-state index in [1.165, 1.54) is 11.3 Å². The first-order chi connectivity index (χ1) is 15.6. The maximum atomic E-state index is 13.1. The number of aromatic nitrogens is 2. The van der Waals surface area contributed by atoms with Crippen molar-refractivity contribution < 1.29 is 14.3 Å². The average molecular weight is 464 g/mol. The van der Waals surface area contributed by atoms with E-state index in [0.717, 1.165) is 70.8 Å². The van der Waals surface area contributed by atoms with Crippen LogP contribution < -0.4 is 5.73 Å². The van der Waals surface area contributed by atoms with Crippen LogP contribution in [0.2, 0.25) is 0 Å². The van der Waals surface area contributed by atoms with Gasteiger partial charge in [-0.2, -0.15) is 5.10 Å². The van der Waals surface area contributed by atoms with Gasteiger partial charge in [-0.25, -0.2) is 0 Å². The molecule has 0 unspecified atom stereocenters. The molecular formula is C25H45N5O3. The zero-order valence-electron chi connectivity index (χ0n) is 21.7. The molecule has 0 radical (unpaired) electrons.